The quantitative estimate of drug-likeness (QED) is 0.160. The Labute approximate surface area is 569 Å². The molecule has 9 aromatic rings. The molecular weight excluding hydrogens is 1190 g/mol. The minimum absolute atomic E-state index is 0. The lowest BCUT2D eigenvalue weighted by Gasteiger charge is -1.91. The number of aromatic amines is 1. The van der Waals surface area contributed by atoms with Crippen molar-refractivity contribution in [3.63, 3.8) is 0 Å². The Kier molecular flexibility index (Phi) is 167. The first-order valence-corrected chi connectivity index (χ1v) is 29.5. The summed E-state index contributed by atoms with van der Waals surface area (Å²) in [4.78, 5) is 14.2. The van der Waals surface area contributed by atoms with E-state index < -0.39 is 0 Å². The van der Waals surface area contributed by atoms with Gasteiger partial charge in [-0.05, 0) is 88.6 Å². The van der Waals surface area contributed by atoms with E-state index in [1.807, 2.05) is 36.7 Å². The zero-order valence-electron chi connectivity index (χ0n) is 54.5. The number of hydrogen-bond donors (Lipinski definition) is 1. The van der Waals surface area contributed by atoms with Crippen LogP contribution in [0.1, 0.15) is 258 Å². The molecule has 536 valence electrons. The molecule has 0 saturated carbocycles. The molecule has 9 heterocycles. The Balaban J connectivity index is -0.0000000418. The van der Waals surface area contributed by atoms with Gasteiger partial charge in [-0.15, -0.1) is 10.2 Å². The van der Waals surface area contributed by atoms with E-state index in [1.54, 1.807) is 61.8 Å². The third-order valence-corrected chi connectivity index (χ3v) is 5.05. The van der Waals surface area contributed by atoms with Crippen LogP contribution in [-0.2, 0) is 0 Å². The van der Waals surface area contributed by atoms with Crippen LogP contribution >= 0.6 is 34.8 Å². The van der Waals surface area contributed by atoms with Crippen LogP contribution in [0.5, 0.6) is 0 Å². The Morgan fingerprint density at radius 1 is 0.389 bits per heavy atom. The summed E-state index contributed by atoms with van der Waals surface area (Å²) in [5, 5.41) is 30.3. The standard InChI is InChI=1S/C5H8N2O.8C4H10.C3H3N3.C3H4N2.2C3H3NO.C3H3NS.C2H2N2O.2C2H2N2S.9CH4/c1-4(2)5-3-6-8-7-5;8*1-4(2)3;1-4-2-6-3-5-1;1-2-4-5-3-1;1-2-5-3-4-1;2*1-2-4-5-3-1;2*1-2-5-4-3-1;1-2-4-5-3-1;;;;;;;;;/h3-4H,1-2H3;8*4H,1-3H3;1-3H;1-3H,(H,4,5);3*1-3H;3*1-2H;9*1H4. The number of rotatable bonds is 1. The predicted octanol–water partition coefficient (Wildman–Crippen LogP) is 24.1. The summed E-state index contributed by atoms with van der Waals surface area (Å²) in [5.74, 6) is 7.08. The summed E-state index contributed by atoms with van der Waals surface area (Å²) in [6, 6.07) is 5.46. The molecule has 0 aliphatic heterocycles. The van der Waals surface area contributed by atoms with Gasteiger partial charge in [-0.1, -0.05) is 267 Å². The number of oxazole rings is 1. The number of nitrogens with one attached hydrogen (secondary N) is 1. The molecule has 0 radical (unpaired) electrons. The van der Waals surface area contributed by atoms with E-state index in [1.165, 1.54) is 85.2 Å². The summed E-state index contributed by atoms with van der Waals surface area (Å²) in [7, 11) is 0. The highest BCUT2D eigenvalue weighted by molar-refractivity contribution is 7.03. The van der Waals surface area contributed by atoms with Crippen molar-refractivity contribution in [1.29, 1.82) is 0 Å². The van der Waals surface area contributed by atoms with Crippen LogP contribution in [0.3, 0.4) is 0 Å². The average Bonchev–Trinajstić information content (AvgIpc) is 4.23. The molecule has 0 fully saturated rings. The van der Waals surface area contributed by atoms with Crippen LogP contribution in [0, 0.1) is 47.3 Å². The highest BCUT2D eigenvalue weighted by Gasteiger charge is 2.00. The zero-order valence-corrected chi connectivity index (χ0v) is 56.9. The maximum Gasteiger partial charge on any atom is 0.180 e. The smallest absolute Gasteiger partial charge is 0.180 e. The van der Waals surface area contributed by atoms with Crippen LogP contribution in [0.25, 0.3) is 0 Å². The topological polar surface area (TPSA) is 262 Å². The molecule has 0 atom stereocenters. The van der Waals surface area contributed by atoms with Gasteiger partial charge in [0.05, 0.1) is 55.1 Å². The second kappa shape index (κ2) is 117. The van der Waals surface area contributed by atoms with Crippen molar-refractivity contribution in [3.8, 4) is 0 Å². The van der Waals surface area contributed by atoms with Gasteiger partial charge in [0.1, 0.15) is 43.5 Å². The van der Waals surface area contributed by atoms with Crippen molar-refractivity contribution in [1.82, 2.24) is 78.7 Å². The van der Waals surface area contributed by atoms with E-state index in [-0.39, 0.29) is 66.8 Å². The third kappa shape index (κ3) is 255. The van der Waals surface area contributed by atoms with E-state index in [9.17, 15) is 0 Å². The molecule has 0 aromatic carbocycles. The van der Waals surface area contributed by atoms with E-state index in [2.05, 4.69) is 263 Å². The highest BCUT2D eigenvalue weighted by Crippen LogP contribution is 2.07. The summed E-state index contributed by atoms with van der Waals surface area (Å²) in [6.45, 7) is 56.1. The molecule has 0 unspecified atom stereocenters. The normalized spacial score (nSPS) is 7.77. The number of H-pyrrole nitrogens is 1. The molecule has 90 heavy (non-hydrogen) atoms. The molecular formula is C67H146N16O4S3. The lowest BCUT2D eigenvalue weighted by molar-refractivity contribution is 0.302. The van der Waals surface area contributed by atoms with Gasteiger partial charge in [0.25, 0.3) is 0 Å². The minimum Gasteiger partial charge on any atom is -0.452 e. The van der Waals surface area contributed by atoms with Crippen LogP contribution in [0.15, 0.2) is 153 Å². The molecule has 9 aromatic heterocycles. The lowest BCUT2D eigenvalue weighted by atomic mass is 10.2. The maximum absolute atomic E-state index is 4.47. The molecule has 1 N–H and O–H groups in total. The fraction of sp³-hybridized carbons (Fsp3) is 0.657. The third-order valence-electron chi connectivity index (χ3n) is 3.67. The van der Waals surface area contributed by atoms with Crippen molar-refractivity contribution in [2.24, 2.45) is 47.3 Å². The van der Waals surface area contributed by atoms with Gasteiger partial charge in [0, 0.05) is 40.5 Å². The molecule has 0 aliphatic carbocycles. The summed E-state index contributed by atoms with van der Waals surface area (Å²) in [6.07, 6.45) is 26.6. The zero-order chi connectivity index (χ0) is 63.6. The second-order valence-corrected chi connectivity index (χ2v) is 23.1. The molecule has 0 amide bonds. The molecule has 9 rings (SSSR count). The SMILES string of the molecule is C.C.C.C.C.C.C.C.C.CC(C)C.CC(C)C.CC(C)C.CC(C)C.CC(C)C.CC(C)C.CC(C)C.CC(C)C.CC(C)c1cnon1.c1cn[nH]c1.c1cnoc1.c1cnsc1.c1cnsn1.c1cocn1.c1conn1.c1csnn1.c1ncncn1. The van der Waals surface area contributed by atoms with Crippen LogP contribution in [-0.4, -0.2) is 78.7 Å². The molecule has 0 saturated heterocycles. The summed E-state index contributed by atoms with van der Waals surface area (Å²) < 4.78 is 32.0. The van der Waals surface area contributed by atoms with Crippen LogP contribution in [0.2, 0.25) is 0 Å². The van der Waals surface area contributed by atoms with Crippen LogP contribution < -0.4 is 0 Å². The molecule has 0 bridgehead atoms. The fourth-order valence-electron chi connectivity index (χ4n) is 1.78. The molecule has 20 nitrogen and oxygen atoms in total. The Hall–Kier alpha value is -6.33. The van der Waals surface area contributed by atoms with Crippen LogP contribution in [0.4, 0.5) is 0 Å². The second-order valence-electron chi connectivity index (χ2n) is 21.2. The molecule has 23 heteroatoms. The summed E-state index contributed by atoms with van der Waals surface area (Å²) in [5.41, 5.74) is 0.907. The van der Waals surface area contributed by atoms with Gasteiger partial charge >= 0.3 is 0 Å². The monoisotopic (exact) mass is 1340 g/mol. The van der Waals surface area contributed by atoms with Crippen molar-refractivity contribution in [2.75, 3.05) is 0 Å². The van der Waals surface area contributed by atoms with Crippen molar-refractivity contribution in [3.05, 3.63) is 141 Å². The van der Waals surface area contributed by atoms with Crippen molar-refractivity contribution < 1.29 is 18.1 Å². The molecule has 0 aliphatic rings. The first-order chi connectivity index (χ1) is 38.2. The number of hydrogen-bond acceptors (Lipinski definition) is 22. The van der Waals surface area contributed by atoms with Gasteiger partial charge in [0.15, 0.2) is 6.39 Å². The van der Waals surface area contributed by atoms with Gasteiger partial charge in [-0.2, -0.15) is 13.8 Å². The van der Waals surface area contributed by atoms with Crippen molar-refractivity contribution >= 4 is 34.8 Å². The van der Waals surface area contributed by atoms with Gasteiger partial charge in [0.2, 0.25) is 0 Å². The van der Waals surface area contributed by atoms with E-state index in [0.29, 0.717) is 5.92 Å². The predicted molar refractivity (Wildman–Crippen MR) is 401 cm³/mol. The Morgan fingerprint density at radius 2 is 0.844 bits per heavy atom. The maximum atomic E-state index is 4.47. The largest absolute Gasteiger partial charge is 0.452 e. The van der Waals surface area contributed by atoms with E-state index >= 15 is 0 Å². The van der Waals surface area contributed by atoms with Gasteiger partial charge in [-0.25, -0.2) is 28.9 Å². The Bertz CT molecular complexity index is 1550. The van der Waals surface area contributed by atoms with Crippen molar-refractivity contribution in [2.45, 2.75) is 253 Å². The van der Waals surface area contributed by atoms with E-state index in [4.69, 9.17) is 0 Å². The summed E-state index contributed by atoms with van der Waals surface area (Å²) >= 11 is 4.03. The first-order valence-electron chi connectivity index (χ1n) is 27.1. The Morgan fingerprint density at radius 3 is 0.956 bits per heavy atom. The molecule has 0 spiro atoms. The van der Waals surface area contributed by atoms with Gasteiger partial charge < -0.3 is 13.5 Å². The highest BCUT2D eigenvalue weighted by atomic mass is 32.1. The minimum atomic E-state index is 0. The van der Waals surface area contributed by atoms with E-state index in [0.717, 1.165) is 53.0 Å². The fourth-order valence-corrected chi connectivity index (χ4v) is 2.68. The first kappa shape index (κ1) is 129. The number of nitrogens with zero attached hydrogens (tertiary/aromatic N) is 15. The van der Waals surface area contributed by atoms with Gasteiger partial charge in [-0.3, -0.25) is 5.10 Å². The number of aromatic nitrogens is 16. The average molecular weight is 1340 g/mol. The lowest BCUT2D eigenvalue weighted by Crippen LogP contribution is -1.84.